The van der Waals surface area contributed by atoms with Crippen LogP contribution in [0, 0.1) is 5.92 Å². The predicted octanol–water partition coefficient (Wildman–Crippen LogP) is 1.34. The third-order valence-electron chi connectivity index (χ3n) is 2.48. The Kier molecular flexibility index (Phi) is 2.17. The number of ether oxygens (including phenoxy) is 1. The summed E-state index contributed by atoms with van der Waals surface area (Å²) in [5.41, 5.74) is 1.21. The molecule has 0 bridgehead atoms. The Balaban J connectivity index is 2.16. The molecule has 3 nitrogen and oxygen atoms in total. The summed E-state index contributed by atoms with van der Waals surface area (Å²) >= 11 is 0. The van der Waals surface area contributed by atoms with Crippen molar-refractivity contribution in [1.82, 2.24) is 0 Å². The molecule has 0 aromatic carbocycles. The molecule has 0 amide bonds. The van der Waals surface area contributed by atoms with E-state index in [1.807, 2.05) is 0 Å². The number of rotatable bonds is 2. The molecular formula is C10H13NO2. The summed E-state index contributed by atoms with van der Waals surface area (Å²) in [7, 11) is 1.61. The zero-order valence-electron chi connectivity index (χ0n) is 7.69. The van der Waals surface area contributed by atoms with Crippen LogP contribution in [0.25, 0.3) is 0 Å². The number of aldehydes is 1. The number of carbonyl (C=O) groups excluding carboxylic acids is 1. The van der Waals surface area contributed by atoms with Gasteiger partial charge < -0.3 is 9.53 Å². The SMILES string of the molecule is COC1=NC(C=O)CC=C1C1CC1. The second-order valence-electron chi connectivity index (χ2n) is 3.51. The first-order chi connectivity index (χ1) is 6.35. The van der Waals surface area contributed by atoms with E-state index in [0.29, 0.717) is 11.8 Å². The van der Waals surface area contributed by atoms with Gasteiger partial charge in [0.25, 0.3) is 0 Å². The molecule has 0 saturated heterocycles. The molecule has 1 heterocycles. The monoisotopic (exact) mass is 179 g/mol. The maximum Gasteiger partial charge on any atom is 0.212 e. The van der Waals surface area contributed by atoms with Gasteiger partial charge in [-0.25, -0.2) is 4.99 Å². The van der Waals surface area contributed by atoms with Crippen LogP contribution in [0.1, 0.15) is 19.3 Å². The van der Waals surface area contributed by atoms with Crippen molar-refractivity contribution < 1.29 is 9.53 Å². The Morgan fingerprint density at radius 3 is 2.92 bits per heavy atom. The van der Waals surface area contributed by atoms with E-state index in [2.05, 4.69) is 11.1 Å². The van der Waals surface area contributed by atoms with Crippen molar-refractivity contribution >= 4 is 12.2 Å². The van der Waals surface area contributed by atoms with Crippen LogP contribution in [0.3, 0.4) is 0 Å². The highest BCUT2D eigenvalue weighted by molar-refractivity contribution is 5.96. The van der Waals surface area contributed by atoms with Gasteiger partial charge in [-0.05, 0) is 25.2 Å². The minimum Gasteiger partial charge on any atom is -0.481 e. The number of carbonyl (C=O) groups is 1. The van der Waals surface area contributed by atoms with Crippen molar-refractivity contribution in [3.05, 3.63) is 11.6 Å². The van der Waals surface area contributed by atoms with Crippen molar-refractivity contribution in [3.8, 4) is 0 Å². The van der Waals surface area contributed by atoms with E-state index in [1.54, 1.807) is 7.11 Å². The summed E-state index contributed by atoms with van der Waals surface area (Å²) in [6.07, 6.45) is 6.18. The van der Waals surface area contributed by atoms with Gasteiger partial charge >= 0.3 is 0 Å². The molecule has 2 rings (SSSR count). The summed E-state index contributed by atoms with van der Waals surface area (Å²) in [4.78, 5) is 14.7. The van der Waals surface area contributed by atoms with Gasteiger partial charge in [0, 0.05) is 5.57 Å². The van der Waals surface area contributed by atoms with Crippen LogP contribution in [0.15, 0.2) is 16.6 Å². The molecule has 1 aliphatic carbocycles. The van der Waals surface area contributed by atoms with E-state index in [-0.39, 0.29) is 6.04 Å². The Hall–Kier alpha value is -1.12. The zero-order valence-corrected chi connectivity index (χ0v) is 7.69. The average Bonchev–Trinajstić information content (AvgIpc) is 3.00. The Morgan fingerprint density at radius 1 is 1.62 bits per heavy atom. The zero-order chi connectivity index (χ0) is 9.26. The van der Waals surface area contributed by atoms with Crippen molar-refractivity contribution in [3.63, 3.8) is 0 Å². The van der Waals surface area contributed by atoms with Gasteiger partial charge in [-0.3, -0.25) is 0 Å². The van der Waals surface area contributed by atoms with Gasteiger partial charge in [0.1, 0.15) is 12.3 Å². The van der Waals surface area contributed by atoms with Crippen molar-refractivity contribution in [2.45, 2.75) is 25.3 Å². The van der Waals surface area contributed by atoms with Crippen LogP contribution in [-0.4, -0.2) is 25.3 Å². The minimum absolute atomic E-state index is 0.225. The summed E-state index contributed by atoms with van der Waals surface area (Å²) in [6, 6.07) is -0.225. The van der Waals surface area contributed by atoms with E-state index in [0.717, 1.165) is 12.7 Å². The van der Waals surface area contributed by atoms with Crippen LogP contribution < -0.4 is 0 Å². The molecule has 0 aromatic rings. The van der Waals surface area contributed by atoms with E-state index in [1.165, 1.54) is 18.4 Å². The molecule has 1 unspecified atom stereocenters. The lowest BCUT2D eigenvalue weighted by molar-refractivity contribution is -0.108. The molecule has 2 aliphatic rings. The average molecular weight is 179 g/mol. The van der Waals surface area contributed by atoms with Crippen LogP contribution >= 0.6 is 0 Å². The highest BCUT2D eigenvalue weighted by Crippen LogP contribution is 2.38. The first kappa shape index (κ1) is 8.48. The minimum atomic E-state index is -0.225. The van der Waals surface area contributed by atoms with Crippen molar-refractivity contribution in [2.24, 2.45) is 10.9 Å². The number of dihydropyridines is 1. The second kappa shape index (κ2) is 3.32. The number of hydrogen-bond acceptors (Lipinski definition) is 3. The summed E-state index contributed by atoms with van der Waals surface area (Å²) in [5.74, 6) is 1.32. The van der Waals surface area contributed by atoms with Crippen LogP contribution in [0.4, 0.5) is 0 Å². The van der Waals surface area contributed by atoms with E-state index in [4.69, 9.17) is 4.74 Å². The summed E-state index contributed by atoms with van der Waals surface area (Å²) in [5, 5.41) is 0. The predicted molar refractivity (Wildman–Crippen MR) is 49.7 cm³/mol. The Labute approximate surface area is 77.5 Å². The molecule has 13 heavy (non-hydrogen) atoms. The Morgan fingerprint density at radius 2 is 2.38 bits per heavy atom. The van der Waals surface area contributed by atoms with Crippen molar-refractivity contribution in [1.29, 1.82) is 0 Å². The lowest BCUT2D eigenvalue weighted by atomic mass is 10.0. The van der Waals surface area contributed by atoms with Gasteiger partial charge in [-0.2, -0.15) is 0 Å². The van der Waals surface area contributed by atoms with Gasteiger partial charge in [0.05, 0.1) is 7.11 Å². The number of hydrogen-bond donors (Lipinski definition) is 0. The van der Waals surface area contributed by atoms with Gasteiger partial charge in [-0.15, -0.1) is 0 Å². The van der Waals surface area contributed by atoms with Gasteiger partial charge in [0.2, 0.25) is 5.90 Å². The fraction of sp³-hybridized carbons (Fsp3) is 0.600. The maximum absolute atomic E-state index is 10.5. The fourth-order valence-electron chi connectivity index (χ4n) is 1.61. The van der Waals surface area contributed by atoms with Crippen LogP contribution in [0.2, 0.25) is 0 Å². The molecule has 1 fully saturated rings. The molecule has 1 saturated carbocycles. The van der Waals surface area contributed by atoms with Gasteiger partial charge in [0.15, 0.2) is 0 Å². The second-order valence-corrected chi connectivity index (χ2v) is 3.51. The number of methoxy groups -OCH3 is 1. The maximum atomic E-state index is 10.5. The van der Waals surface area contributed by atoms with Crippen molar-refractivity contribution in [2.75, 3.05) is 7.11 Å². The third kappa shape index (κ3) is 1.64. The third-order valence-corrected chi connectivity index (χ3v) is 2.48. The molecule has 0 aromatic heterocycles. The number of nitrogens with zero attached hydrogens (tertiary/aromatic N) is 1. The van der Waals surface area contributed by atoms with Crippen LogP contribution in [0.5, 0.6) is 0 Å². The van der Waals surface area contributed by atoms with Crippen LogP contribution in [-0.2, 0) is 9.53 Å². The standard InChI is InChI=1S/C10H13NO2/c1-13-10-9(7-2-3-7)5-4-8(6-12)11-10/h5-8H,2-4H2,1H3. The summed E-state index contributed by atoms with van der Waals surface area (Å²) in [6.45, 7) is 0. The normalized spacial score (nSPS) is 27.6. The lowest BCUT2D eigenvalue weighted by Crippen LogP contribution is -2.19. The summed E-state index contributed by atoms with van der Waals surface area (Å²) < 4.78 is 5.16. The molecule has 0 N–H and O–H groups in total. The smallest absolute Gasteiger partial charge is 0.212 e. The molecule has 1 atom stereocenters. The van der Waals surface area contributed by atoms with E-state index < -0.39 is 0 Å². The quantitative estimate of drug-likeness (QED) is 0.600. The van der Waals surface area contributed by atoms with E-state index in [9.17, 15) is 4.79 Å². The first-order valence-electron chi connectivity index (χ1n) is 4.62. The van der Waals surface area contributed by atoms with E-state index >= 15 is 0 Å². The fourth-order valence-corrected chi connectivity index (χ4v) is 1.61. The molecular weight excluding hydrogens is 166 g/mol. The topological polar surface area (TPSA) is 38.7 Å². The van der Waals surface area contributed by atoms with Gasteiger partial charge in [-0.1, -0.05) is 6.08 Å². The Bertz CT molecular complexity index is 277. The molecule has 0 spiro atoms. The molecule has 0 radical (unpaired) electrons. The highest BCUT2D eigenvalue weighted by atomic mass is 16.5. The molecule has 3 heteroatoms. The highest BCUT2D eigenvalue weighted by Gasteiger charge is 2.31. The molecule has 1 aliphatic heterocycles. The first-order valence-corrected chi connectivity index (χ1v) is 4.62. The largest absolute Gasteiger partial charge is 0.481 e. The molecule has 70 valence electrons. The lowest BCUT2D eigenvalue weighted by Gasteiger charge is -2.16. The number of aliphatic imine (C=N–C) groups is 1.